The van der Waals surface area contributed by atoms with E-state index in [1.165, 1.54) is 16.0 Å². The summed E-state index contributed by atoms with van der Waals surface area (Å²) < 4.78 is 5.06. The summed E-state index contributed by atoms with van der Waals surface area (Å²) in [7, 11) is 0. The number of carbonyl (C=O) groups is 2. The van der Waals surface area contributed by atoms with Crippen LogP contribution in [0.3, 0.4) is 0 Å². The number of nitrogens with zero attached hydrogens (tertiary/aromatic N) is 1. The number of hydrogen-bond donors (Lipinski definition) is 0. The fraction of sp³-hybridized carbons (Fsp3) is 0.579. The van der Waals surface area contributed by atoms with Crippen molar-refractivity contribution in [2.75, 3.05) is 25.4 Å². The van der Waals surface area contributed by atoms with Gasteiger partial charge in [-0.05, 0) is 56.9 Å². The van der Waals surface area contributed by atoms with E-state index in [1.54, 1.807) is 11.8 Å². The molecule has 0 saturated carbocycles. The van der Waals surface area contributed by atoms with E-state index in [-0.39, 0.29) is 17.8 Å². The van der Waals surface area contributed by atoms with E-state index in [1.807, 2.05) is 11.8 Å². The van der Waals surface area contributed by atoms with Gasteiger partial charge in [-0.15, -0.1) is 11.8 Å². The number of carbonyl (C=O) groups excluding carboxylic acids is 2. The van der Waals surface area contributed by atoms with E-state index in [2.05, 4.69) is 32.0 Å². The molecule has 0 unspecified atom stereocenters. The number of benzene rings is 1. The van der Waals surface area contributed by atoms with Gasteiger partial charge >= 0.3 is 5.97 Å². The predicted molar refractivity (Wildman–Crippen MR) is 97.2 cm³/mol. The maximum Gasteiger partial charge on any atom is 0.309 e. The molecule has 132 valence electrons. The molecule has 0 bridgehead atoms. The van der Waals surface area contributed by atoms with Crippen molar-refractivity contribution in [1.82, 2.24) is 4.90 Å². The number of hydrogen-bond acceptors (Lipinski definition) is 4. The van der Waals surface area contributed by atoms with Gasteiger partial charge in [0.05, 0.1) is 12.5 Å². The topological polar surface area (TPSA) is 46.6 Å². The first-order valence-corrected chi connectivity index (χ1v) is 9.64. The molecule has 1 aliphatic heterocycles. The molecule has 0 spiro atoms. The highest BCUT2D eigenvalue weighted by atomic mass is 32.2. The van der Waals surface area contributed by atoms with Crippen molar-refractivity contribution >= 4 is 23.6 Å². The van der Waals surface area contributed by atoms with Crippen molar-refractivity contribution in [3.8, 4) is 0 Å². The number of rotatable bonds is 6. The SMILES string of the molecule is CCOC(=O)C1CCN(C(=O)CCSc2ccc(C)c(C)c2)CC1. The summed E-state index contributed by atoms with van der Waals surface area (Å²) in [5.74, 6) is 0.821. The van der Waals surface area contributed by atoms with Gasteiger partial charge in [-0.2, -0.15) is 0 Å². The molecule has 0 aliphatic carbocycles. The van der Waals surface area contributed by atoms with Crippen LogP contribution in [0, 0.1) is 19.8 Å². The average Bonchev–Trinajstić information content (AvgIpc) is 2.58. The zero-order valence-corrected chi connectivity index (χ0v) is 15.7. The summed E-state index contributed by atoms with van der Waals surface area (Å²) in [4.78, 5) is 27.1. The van der Waals surface area contributed by atoms with Crippen LogP contribution in [0.1, 0.15) is 37.3 Å². The Morgan fingerprint density at radius 2 is 1.92 bits per heavy atom. The zero-order valence-electron chi connectivity index (χ0n) is 14.8. The lowest BCUT2D eigenvalue weighted by Gasteiger charge is -2.31. The Morgan fingerprint density at radius 3 is 2.54 bits per heavy atom. The molecule has 0 atom stereocenters. The number of ether oxygens (including phenoxy) is 1. The van der Waals surface area contributed by atoms with E-state index in [0.29, 0.717) is 26.1 Å². The Balaban J connectivity index is 1.72. The standard InChI is InChI=1S/C19H27NO3S/c1-4-23-19(22)16-7-10-20(11-8-16)18(21)9-12-24-17-6-5-14(2)15(3)13-17/h5-6,13,16H,4,7-12H2,1-3H3. The lowest BCUT2D eigenvalue weighted by atomic mass is 9.97. The monoisotopic (exact) mass is 349 g/mol. The molecule has 5 heteroatoms. The fourth-order valence-corrected chi connectivity index (χ4v) is 3.78. The second kappa shape index (κ2) is 9.11. The highest BCUT2D eigenvalue weighted by Gasteiger charge is 2.27. The molecule has 2 rings (SSSR count). The van der Waals surface area contributed by atoms with Crippen LogP contribution in [-0.4, -0.2) is 42.2 Å². The predicted octanol–water partition coefficient (Wildman–Crippen LogP) is 3.59. The Morgan fingerprint density at radius 1 is 1.21 bits per heavy atom. The summed E-state index contributed by atoms with van der Waals surface area (Å²) in [6, 6.07) is 6.41. The number of esters is 1. The van der Waals surface area contributed by atoms with Crippen molar-refractivity contribution in [2.24, 2.45) is 5.92 Å². The van der Waals surface area contributed by atoms with E-state index in [0.717, 1.165) is 18.6 Å². The molecular weight excluding hydrogens is 322 g/mol. The van der Waals surface area contributed by atoms with Crippen LogP contribution < -0.4 is 0 Å². The summed E-state index contributed by atoms with van der Waals surface area (Å²) in [6.45, 7) is 7.79. The summed E-state index contributed by atoms with van der Waals surface area (Å²) >= 11 is 1.73. The minimum absolute atomic E-state index is 0.0427. The molecule has 1 aliphatic rings. The number of amides is 1. The van der Waals surface area contributed by atoms with Crippen LogP contribution in [0.4, 0.5) is 0 Å². The van der Waals surface area contributed by atoms with Gasteiger partial charge in [0.15, 0.2) is 0 Å². The molecule has 1 fully saturated rings. The van der Waals surface area contributed by atoms with Gasteiger partial charge in [0.1, 0.15) is 0 Å². The molecule has 1 saturated heterocycles. The maximum atomic E-state index is 12.3. The van der Waals surface area contributed by atoms with Gasteiger partial charge in [-0.25, -0.2) is 0 Å². The summed E-state index contributed by atoms with van der Waals surface area (Å²) in [6.07, 6.45) is 1.98. The molecule has 1 heterocycles. The third-order valence-electron chi connectivity index (χ3n) is 4.53. The summed E-state index contributed by atoms with van der Waals surface area (Å²) in [5, 5.41) is 0. The minimum Gasteiger partial charge on any atom is -0.466 e. The normalized spacial score (nSPS) is 15.4. The highest BCUT2D eigenvalue weighted by Crippen LogP contribution is 2.23. The van der Waals surface area contributed by atoms with Crippen LogP contribution in [0.15, 0.2) is 23.1 Å². The molecular formula is C19H27NO3S. The van der Waals surface area contributed by atoms with Crippen LogP contribution in [0.25, 0.3) is 0 Å². The van der Waals surface area contributed by atoms with Crippen molar-refractivity contribution < 1.29 is 14.3 Å². The lowest BCUT2D eigenvalue weighted by molar-refractivity contribution is -0.151. The van der Waals surface area contributed by atoms with Gasteiger partial charge in [-0.1, -0.05) is 6.07 Å². The number of piperidine rings is 1. The molecule has 4 nitrogen and oxygen atoms in total. The average molecular weight is 349 g/mol. The van der Waals surface area contributed by atoms with Crippen LogP contribution >= 0.6 is 11.8 Å². The van der Waals surface area contributed by atoms with Crippen molar-refractivity contribution in [2.45, 2.75) is 44.9 Å². The molecule has 0 radical (unpaired) electrons. The Labute approximate surface area is 148 Å². The molecule has 0 aromatic heterocycles. The van der Waals surface area contributed by atoms with E-state index in [4.69, 9.17) is 4.74 Å². The van der Waals surface area contributed by atoms with Crippen LogP contribution in [0.2, 0.25) is 0 Å². The molecule has 1 amide bonds. The zero-order chi connectivity index (χ0) is 17.5. The van der Waals surface area contributed by atoms with Gasteiger partial charge in [0, 0.05) is 30.2 Å². The van der Waals surface area contributed by atoms with Gasteiger partial charge < -0.3 is 9.64 Å². The van der Waals surface area contributed by atoms with Crippen LogP contribution in [-0.2, 0) is 14.3 Å². The maximum absolute atomic E-state index is 12.3. The molecule has 24 heavy (non-hydrogen) atoms. The minimum atomic E-state index is -0.116. The molecule has 1 aromatic carbocycles. The van der Waals surface area contributed by atoms with E-state index >= 15 is 0 Å². The first kappa shape index (κ1) is 18.8. The number of thioether (sulfide) groups is 1. The fourth-order valence-electron chi connectivity index (χ4n) is 2.84. The van der Waals surface area contributed by atoms with Crippen molar-refractivity contribution in [3.63, 3.8) is 0 Å². The second-order valence-corrected chi connectivity index (χ2v) is 7.42. The third-order valence-corrected chi connectivity index (χ3v) is 5.53. The van der Waals surface area contributed by atoms with E-state index < -0.39 is 0 Å². The van der Waals surface area contributed by atoms with E-state index in [9.17, 15) is 9.59 Å². The largest absolute Gasteiger partial charge is 0.466 e. The first-order chi connectivity index (χ1) is 11.5. The first-order valence-electron chi connectivity index (χ1n) is 8.65. The Bertz CT molecular complexity index is 580. The number of likely N-dealkylation sites (tertiary alicyclic amines) is 1. The van der Waals surface area contributed by atoms with Gasteiger partial charge in [0.25, 0.3) is 0 Å². The van der Waals surface area contributed by atoms with Crippen molar-refractivity contribution in [1.29, 1.82) is 0 Å². The van der Waals surface area contributed by atoms with Crippen molar-refractivity contribution in [3.05, 3.63) is 29.3 Å². The van der Waals surface area contributed by atoms with Crippen LogP contribution in [0.5, 0.6) is 0 Å². The number of aryl methyl sites for hydroxylation is 2. The quantitative estimate of drug-likeness (QED) is 0.582. The molecule has 1 aromatic rings. The van der Waals surface area contributed by atoms with Gasteiger partial charge in [-0.3, -0.25) is 9.59 Å². The Kier molecular flexibility index (Phi) is 7.16. The van der Waals surface area contributed by atoms with Gasteiger partial charge in [0.2, 0.25) is 5.91 Å². The molecule has 0 N–H and O–H groups in total. The third kappa shape index (κ3) is 5.26. The summed E-state index contributed by atoms with van der Waals surface area (Å²) in [5.41, 5.74) is 2.58. The Hall–Kier alpha value is -1.49. The highest BCUT2D eigenvalue weighted by molar-refractivity contribution is 7.99. The lowest BCUT2D eigenvalue weighted by Crippen LogP contribution is -2.40. The second-order valence-electron chi connectivity index (χ2n) is 6.25. The smallest absolute Gasteiger partial charge is 0.309 e.